The number of thioether (sulfide) groups is 1. The van der Waals surface area contributed by atoms with Crippen LogP contribution in [0.15, 0.2) is 60.0 Å². The number of benzene rings is 2. The Hall–Kier alpha value is -3.21. The molecule has 0 bridgehead atoms. The summed E-state index contributed by atoms with van der Waals surface area (Å²) in [4.78, 5) is 29.9. The lowest BCUT2D eigenvalue weighted by atomic mass is 10.1. The lowest BCUT2D eigenvalue weighted by molar-refractivity contribution is 0.0848. The van der Waals surface area contributed by atoms with Gasteiger partial charge >= 0.3 is 0 Å². The van der Waals surface area contributed by atoms with E-state index in [2.05, 4.69) is 26.0 Å². The van der Waals surface area contributed by atoms with Gasteiger partial charge in [0.15, 0.2) is 5.16 Å². The number of aryl methyl sites for hydroxylation is 2. The predicted octanol–water partition coefficient (Wildman–Crippen LogP) is 4.27. The second kappa shape index (κ2) is 10.2. The molecular weight excluding hydrogens is 480 g/mol. The van der Waals surface area contributed by atoms with Gasteiger partial charge in [-0.2, -0.15) is 0 Å². The fourth-order valence-electron chi connectivity index (χ4n) is 2.87. The summed E-state index contributed by atoms with van der Waals surface area (Å²) >= 11 is 8.74. The first-order valence-corrected chi connectivity index (χ1v) is 12.0. The number of carbonyl (C=O) groups is 2. The molecule has 33 heavy (non-hydrogen) atoms. The van der Waals surface area contributed by atoms with Crippen LogP contribution in [0, 0.1) is 6.92 Å². The van der Waals surface area contributed by atoms with Crippen molar-refractivity contribution in [3.05, 3.63) is 81.6 Å². The number of hydrogen-bond acceptors (Lipinski definition) is 7. The standard InChI is InChI=1S/C22H19ClN6O2S2/c1-13-18(33-21(25-13)16-7-9-17(23)10-8-16)20(31)27-26-19(30)15-5-3-14(4-6-15)11-32-22-28-24-12-29(22)2/h3-10,12H,11H2,1-2H3,(H,26,30)(H,27,31). The molecule has 11 heteroatoms. The van der Waals surface area contributed by atoms with Crippen LogP contribution in [0.4, 0.5) is 0 Å². The molecule has 0 aliphatic heterocycles. The Kier molecular flexibility index (Phi) is 7.07. The van der Waals surface area contributed by atoms with Crippen molar-refractivity contribution in [1.29, 1.82) is 0 Å². The zero-order valence-electron chi connectivity index (χ0n) is 17.7. The number of nitrogens with zero attached hydrogens (tertiary/aromatic N) is 4. The maximum atomic E-state index is 12.6. The van der Waals surface area contributed by atoms with Gasteiger partial charge in [-0.25, -0.2) is 4.98 Å². The van der Waals surface area contributed by atoms with Gasteiger partial charge in [0.1, 0.15) is 16.2 Å². The van der Waals surface area contributed by atoms with E-state index in [9.17, 15) is 9.59 Å². The fourth-order valence-corrected chi connectivity index (χ4v) is 4.81. The van der Waals surface area contributed by atoms with Crippen LogP contribution in [0.1, 0.15) is 31.3 Å². The van der Waals surface area contributed by atoms with E-state index in [0.29, 0.717) is 31.9 Å². The van der Waals surface area contributed by atoms with E-state index in [1.807, 2.05) is 35.9 Å². The third-order valence-corrected chi connectivity index (χ3v) is 7.20. The number of aromatic nitrogens is 4. The average Bonchev–Trinajstić information content (AvgIpc) is 3.41. The summed E-state index contributed by atoms with van der Waals surface area (Å²) in [5.74, 6) is -0.127. The zero-order valence-corrected chi connectivity index (χ0v) is 20.1. The second-order valence-electron chi connectivity index (χ2n) is 7.06. The number of thiazole rings is 1. The Labute approximate surface area is 203 Å². The minimum Gasteiger partial charge on any atom is -0.312 e. The number of halogens is 1. The van der Waals surface area contributed by atoms with E-state index in [1.54, 1.807) is 49.3 Å². The molecule has 2 heterocycles. The minimum absolute atomic E-state index is 0.407. The molecule has 0 saturated heterocycles. The van der Waals surface area contributed by atoms with Crippen LogP contribution in [0.25, 0.3) is 10.6 Å². The molecule has 0 aliphatic rings. The Balaban J connectivity index is 1.33. The van der Waals surface area contributed by atoms with E-state index in [1.165, 1.54) is 11.3 Å². The summed E-state index contributed by atoms with van der Waals surface area (Å²) in [6.07, 6.45) is 1.65. The van der Waals surface area contributed by atoms with Crippen LogP contribution in [-0.2, 0) is 12.8 Å². The quantitative estimate of drug-likeness (QED) is 0.304. The molecule has 0 aliphatic carbocycles. The van der Waals surface area contributed by atoms with E-state index < -0.39 is 11.8 Å². The average molecular weight is 499 g/mol. The molecule has 0 spiro atoms. The summed E-state index contributed by atoms with van der Waals surface area (Å²) in [6, 6.07) is 14.4. The number of amides is 2. The van der Waals surface area contributed by atoms with Crippen LogP contribution in [0.3, 0.4) is 0 Å². The molecular formula is C22H19ClN6O2S2. The van der Waals surface area contributed by atoms with E-state index in [-0.39, 0.29) is 0 Å². The number of nitrogens with one attached hydrogen (secondary N) is 2. The smallest absolute Gasteiger partial charge is 0.281 e. The molecule has 2 aromatic heterocycles. The second-order valence-corrected chi connectivity index (χ2v) is 9.44. The summed E-state index contributed by atoms with van der Waals surface area (Å²) in [7, 11) is 1.89. The van der Waals surface area contributed by atoms with Gasteiger partial charge in [0.05, 0.1) is 5.69 Å². The first kappa shape index (κ1) is 23.0. The number of hydrazine groups is 1. The van der Waals surface area contributed by atoms with E-state index in [0.717, 1.165) is 16.3 Å². The van der Waals surface area contributed by atoms with E-state index in [4.69, 9.17) is 11.6 Å². The Morgan fingerprint density at radius 1 is 1.06 bits per heavy atom. The molecule has 2 N–H and O–H groups in total. The predicted molar refractivity (Wildman–Crippen MR) is 129 cm³/mol. The van der Waals surface area contributed by atoms with Gasteiger partial charge in [-0.15, -0.1) is 21.5 Å². The van der Waals surface area contributed by atoms with E-state index >= 15 is 0 Å². The minimum atomic E-state index is -0.421. The highest BCUT2D eigenvalue weighted by Crippen LogP contribution is 2.28. The van der Waals surface area contributed by atoms with Gasteiger partial charge in [-0.3, -0.25) is 20.4 Å². The van der Waals surface area contributed by atoms with Crippen LogP contribution in [-0.4, -0.2) is 31.6 Å². The van der Waals surface area contributed by atoms with Gasteiger partial charge in [-0.1, -0.05) is 47.6 Å². The van der Waals surface area contributed by atoms with Gasteiger partial charge in [0, 0.05) is 29.0 Å². The topological polar surface area (TPSA) is 102 Å². The van der Waals surface area contributed by atoms with Crippen LogP contribution >= 0.6 is 34.7 Å². The number of rotatable bonds is 6. The molecule has 0 atom stereocenters. The molecule has 8 nitrogen and oxygen atoms in total. The lowest BCUT2D eigenvalue weighted by Crippen LogP contribution is -2.41. The van der Waals surface area contributed by atoms with Crippen molar-refractivity contribution in [3.63, 3.8) is 0 Å². The Morgan fingerprint density at radius 2 is 1.76 bits per heavy atom. The maximum absolute atomic E-state index is 12.6. The lowest BCUT2D eigenvalue weighted by Gasteiger charge is -2.07. The van der Waals surface area contributed by atoms with Crippen LogP contribution in [0.5, 0.6) is 0 Å². The van der Waals surface area contributed by atoms with Crippen LogP contribution in [0.2, 0.25) is 5.02 Å². The van der Waals surface area contributed by atoms with Crippen molar-refractivity contribution in [3.8, 4) is 10.6 Å². The highest BCUT2D eigenvalue weighted by Gasteiger charge is 2.17. The molecule has 0 unspecified atom stereocenters. The maximum Gasteiger partial charge on any atom is 0.281 e. The Morgan fingerprint density at radius 3 is 2.42 bits per heavy atom. The van der Waals surface area contributed by atoms with Gasteiger partial charge in [-0.05, 0) is 36.8 Å². The molecule has 2 amide bonds. The van der Waals surface area contributed by atoms with Gasteiger partial charge < -0.3 is 4.57 Å². The molecule has 4 aromatic rings. The van der Waals surface area contributed by atoms with Crippen molar-refractivity contribution in [2.45, 2.75) is 17.8 Å². The highest BCUT2D eigenvalue weighted by molar-refractivity contribution is 7.98. The van der Waals surface area contributed by atoms with Crippen molar-refractivity contribution in [2.24, 2.45) is 7.05 Å². The molecule has 2 aromatic carbocycles. The number of hydrogen-bond donors (Lipinski definition) is 2. The third kappa shape index (κ3) is 5.59. The monoisotopic (exact) mass is 498 g/mol. The molecule has 168 valence electrons. The number of carbonyl (C=O) groups excluding carboxylic acids is 2. The zero-order chi connectivity index (χ0) is 23.4. The molecule has 0 radical (unpaired) electrons. The van der Waals surface area contributed by atoms with Gasteiger partial charge in [0.2, 0.25) is 0 Å². The summed E-state index contributed by atoms with van der Waals surface area (Å²) in [6.45, 7) is 1.75. The first-order chi connectivity index (χ1) is 15.9. The third-order valence-electron chi connectivity index (χ3n) is 4.64. The summed E-state index contributed by atoms with van der Waals surface area (Å²) in [5, 5.41) is 10.0. The van der Waals surface area contributed by atoms with Crippen molar-refractivity contribution < 1.29 is 9.59 Å². The van der Waals surface area contributed by atoms with Crippen molar-refractivity contribution in [1.82, 2.24) is 30.6 Å². The van der Waals surface area contributed by atoms with Crippen LogP contribution < -0.4 is 10.9 Å². The molecule has 4 rings (SSSR count). The SMILES string of the molecule is Cc1nc(-c2ccc(Cl)cc2)sc1C(=O)NNC(=O)c1ccc(CSc2nncn2C)cc1. The molecule has 0 fully saturated rings. The van der Waals surface area contributed by atoms with Crippen molar-refractivity contribution in [2.75, 3.05) is 0 Å². The largest absolute Gasteiger partial charge is 0.312 e. The highest BCUT2D eigenvalue weighted by atomic mass is 35.5. The first-order valence-electron chi connectivity index (χ1n) is 9.80. The summed E-state index contributed by atoms with van der Waals surface area (Å²) < 4.78 is 1.85. The normalized spacial score (nSPS) is 10.8. The van der Waals surface area contributed by atoms with Crippen molar-refractivity contribution >= 4 is 46.5 Å². The Bertz CT molecular complexity index is 1290. The summed E-state index contributed by atoms with van der Waals surface area (Å²) in [5.41, 5.74) is 7.85. The van der Waals surface area contributed by atoms with Gasteiger partial charge in [0.25, 0.3) is 11.8 Å². The molecule has 0 saturated carbocycles. The fraction of sp³-hybridized carbons (Fsp3) is 0.136.